The minimum atomic E-state index is -1.26. The summed E-state index contributed by atoms with van der Waals surface area (Å²) in [6, 6.07) is 3.89. The van der Waals surface area contributed by atoms with Crippen molar-refractivity contribution in [3.05, 3.63) is 42.5 Å². The molecule has 4 N–H and O–H groups in total. The minimum absolute atomic E-state index is 0.0485. The first kappa shape index (κ1) is 36.8. The number of nitrogens with zero attached hydrogens (tertiary/aromatic N) is 1. The standard InChI is InChI=1S/C32H47N5O8/c1-9-11-22(25(39)28(41)34-19-24(38)33-18-20-13-15-21(44-8)16-14-20)35-27(40)23-12-10-17-37(23)29(42)26(31(2,3)4)36-30(43)45-32(5,6)7/h9,13-16,22-23,26H,1,10-12,17-19H2,2-8H3,(H,33,38)(H,34,41)(H,35,40)(H,36,43)/t22?,23-,26+/m0/s1. The Labute approximate surface area is 264 Å². The molecule has 2 rings (SSSR count). The number of alkyl carbamates (subject to hydrolysis) is 1. The van der Waals surface area contributed by atoms with Gasteiger partial charge in [0.2, 0.25) is 23.5 Å². The summed E-state index contributed by atoms with van der Waals surface area (Å²) >= 11 is 0. The van der Waals surface area contributed by atoms with E-state index < -0.39 is 71.2 Å². The topological polar surface area (TPSA) is 172 Å². The maximum Gasteiger partial charge on any atom is 0.408 e. The molecular formula is C32H47N5O8. The van der Waals surface area contributed by atoms with Gasteiger partial charge < -0.3 is 35.6 Å². The van der Waals surface area contributed by atoms with Gasteiger partial charge in [0.05, 0.1) is 13.7 Å². The summed E-state index contributed by atoms with van der Waals surface area (Å²) in [6.45, 7) is 14.1. The van der Waals surface area contributed by atoms with Crippen LogP contribution in [0, 0.1) is 5.41 Å². The van der Waals surface area contributed by atoms with Crippen molar-refractivity contribution in [2.24, 2.45) is 5.41 Å². The Bertz CT molecular complexity index is 1250. The number of hydrogen-bond acceptors (Lipinski definition) is 8. The number of Topliss-reactive ketones (excluding diaryl/α,β-unsaturated/α-hetero) is 1. The molecule has 0 aromatic heterocycles. The number of likely N-dealkylation sites (tertiary alicyclic amines) is 1. The summed E-state index contributed by atoms with van der Waals surface area (Å²) in [5.74, 6) is -2.91. The van der Waals surface area contributed by atoms with Gasteiger partial charge in [0.25, 0.3) is 5.91 Å². The average molecular weight is 630 g/mol. The van der Waals surface area contributed by atoms with Crippen LogP contribution in [-0.4, -0.2) is 84.3 Å². The summed E-state index contributed by atoms with van der Waals surface area (Å²) in [4.78, 5) is 78.8. The third kappa shape index (κ3) is 11.5. The van der Waals surface area contributed by atoms with E-state index in [1.54, 1.807) is 72.9 Å². The van der Waals surface area contributed by atoms with Crippen molar-refractivity contribution < 1.29 is 38.2 Å². The molecule has 0 spiro atoms. The van der Waals surface area contributed by atoms with Gasteiger partial charge in [-0.1, -0.05) is 39.0 Å². The monoisotopic (exact) mass is 629 g/mol. The number of methoxy groups -OCH3 is 1. The number of rotatable bonds is 13. The zero-order chi connectivity index (χ0) is 33.9. The van der Waals surface area contributed by atoms with E-state index in [9.17, 15) is 28.8 Å². The van der Waals surface area contributed by atoms with Crippen LogP contribution in [0.5, 0.6) is 5.75 Å². The van der Waals surface area contributed by atoms with Gasteiger partial charge in [-0.15, -0.1) is 6.58 Å². The van der Waals surface area contributed by atoms with Crippen molar-refractivity contribution in [3.63, 3.8) is 0 Å². The van der Waals surface area contributed by atoms with E-state index in [2.05, 4.69) is 27.8 Å². The Morgan fingerprint density at radius 3 is 2.20 bits per heavy atom. The van der Waals surface area contributed by atoms with Crippen LogP contribution in [0.1, 0.15) is 66.4 Å². The molecule has 0 saturated carbocycles. The normalized spacial score (nSPS) is 16.1. The molecule has 3 atom stereocenters. The number of benzene rings is 1. The van der Waals surface area contributed by atoms with Crippen LogP contribution in [0.2, 0.25) is 0 Å². The van der Waals surface area contributed by atoms with Gasteiger partial charge in [-0.25, -0.2) is 4.79 Å². The lowest BCUT2D eigenvalue weighted by molar-refractivity contribution is -0.144. The van der Waals surface area contributed by atoms with Crippen molar-refractivity contribution in [1.82, 2.24) is 26.2 Å². The number of carbonyl (C=O) groups excluding carboxylic acids is 6. The third-order valence-corrected chi connectivity index (χ3v) is 6.93. The van der Waals surface area contributed by atoms with E-state index in [1.165, 1.54) is 11.0 Å². The predicted molar refractivity (Wildman–Crippen MR) is 167 cm³/mol. The molecule has 1 fully saturated rings. The van der Waals surface area contributed by atoms with Crippen molar-refractivity contribution in [2.75, 3.05) is 20.2 Å². The fourth-order valence-electron chi connectivity index (χ4n) is 4.62. The Hall–Kier alpha value is -4.42. The van der Waals surface area contributed by atoms with Gasteiger partial charge in [-0.05, 0) is 63.1 Å². The van der Waals surface area contributed by atoms with E-state index in [0.29, 0.717) is 18.6 Å². The third-order valence-electron chi connectivity index (χ3n) is 6.93. The van der Waals surface area contributed by atoms with E-state index >= 15 is 0 Å². The molecule has 1 unspecified atom stereocenters. The molecule has 248 valence electrons. The Balaban J connectivity index is 2.01. The maximum atomic E-state index is 13.7. The van der Waals surface area contributed by atoms with Gasteiger partial charge in [0.15, 0.2) is 0 Å². The van der Waals surface area contributed by atoms with Crippen molar-refractivity contribution in [2.45, 2.75) is 91.1 Å². The highest BCUT2D eigenvalue weighted by molar-refractivity contribution is 6.38. The molecule has 1 heterocycles. The summed E-state index contributed by atoms with van der Waals surface area (Å²) < 4.78 is 10.4. The molecule has 45 heavy (non-hydrogen) atoms. The minimum Gasteiger partial charge on any atom is -0.497 e. The zero-order valence-electron chi connectivity index (χ0n) is 27.3. The summed E-state index contributed by atoms with van der Waals surface area (Å²) in [7, 11) is 1.55. The molecule has 1 aliphatic heterocycles. The van der Waals surface area contributed by atoms with Crippen LogP contribution >= 0.6 is 0 Å². The second kappa shape index (κ2) is 16.1. The first-order chi connectivity index (χ1) is 21.0. The number of ether oxygens (including phenoxy) is 2. The van der Waals surface area contributed by atoms with E-state index in [1.807, 2.05) is 0 Å². The fraction of sp³-hybridized carbons (Fsp3) is 0.562. The second-order valence-corrected chi connectivity index (χ2v) is 12.9. The molecule has 0 bridgehead atoms. The van der Waals surface area contributed by atoms with Crippen LogP contribution in [0.4, 0.5) is 4.79 Å². The Kier molecular flexibility index (Phi) is 13.1. The summed E-state index contributed by atoms with van der Waals surface area (Å²) in [6.07, 6.45) is 1.44. The molecular weight excluding hydrogens is 582 g/mol. The second-order valence-electron chi connectivity index (χ2n) is 12.9. The summed E-state index contributed by atoms with van der Waals surface area (Å²) in [5.41, 5.74) is -0.668. The van der Waals surface area contributed by atoms with Crippen molar-refractivity contribution in [3.8, 4) is 5.75 Å². The molecule has 1 aromatic carbocycles. The molecule has 0 aliphatic carbocycles. The highest BCUT2D eigenvalue weighted by atomic mass is 16.6. The molecule has 0 radical (unpaired) electrons. The SMILES string of the molecule is C=CCC(NC(=O)[C@@H]1CCCN1C(=O)[C@@H](NC(=O)OC(C)(C)C)C(C)(C)C)C(=O)C(=O)NCC(=O)NCc1ccc(OC)cc1. The van der Waals surface area contributed by atoms with Gasteiger partial charge in [-0.3, -0.25) is 24.0 Å². The number of amides is 5. The lowest BCUT2D eigenvalue weighted by Gasteiger charge is -2.36. The summed E-state index contributed by atoms with van der Waals surface area (Å²) in [5, 5.41) is 10.2. The van der Waals surface area contributed by atoms with E-state index in [-0.39, 0.29) is 19.5 Å². The largest absolute Gasteiger partial charge is 0.497 e. The van der Waals surface area contributed by atoms with Crippen LogP contribution < -0.4 is 26.0 Å². The van der Waals surface area contributed by atoms with Gasteiger partial charge in [0, 0.05) is 13.1 Å². The smallest absolute Gasteiger partial charge is 0.408 e. The highest BCUT2D eigenvalue weighted by Gasteiger charge is 2.43. The number of ketones is 1. The lowest BCUT2D eigenvalue weighted by Crippen LogP contribution is -2.59. The Morgan fingerprint density at radius 1 is 1.00 bits per heavy atom. The van der Waals surface area contributed by atoms with Crippen molar-refractivity contribution in [1.29, 1.82) is 0 Å². The molecule has 1 aromatic rings. The van der Waals surface area contributed by atoms with E-state index in [0.717, 1.165) is 5.56 Å². The maximum absolute atomic E-state index is 13.7. The van der Waals surface area contributed by atoms with Crippen LogP contribution in [0.25, 0.3) is 0 Å². The number of carbonyl (C=O) groups is 6. The molecule has 1 aliphatic rings. The van der Waals surface area contributed by atoms with Crippen LogP contribution in [-0.2, 0) is 35.3 Å². The van der Waals surface area contributed by atoms with Gasteiger partial charge >= 0.3 is 6.09 Å². The lowest BCUT2D eigenvalue weighted by atomic mass is 9.85. The van der Waals surface area contributed by atoms with Gasteiger partial charge in [-0.2, -0.15) is 0 Å². The first-order valence-electron chi connectivity index (χ1n) is 14.9. The van der Waals surface area contributed by atoms with Gasteiger partial charge in [0.1, 0.15) is 29.5 Å². The molecule has 13 nitrogen and oxygen atoms in total. The fourth-order valence-corrected chi connectivity index (χ4v) is 4.62. The number of nitrogens with one attached hydrogen (secondary N) is 4. The molecule has 13 heteroatoms. The van der Waals surface area contributed by atoms with Crippen LogP contribution in [0.3, 0.4) is 0 Å². The predicted octanol–water partition coefficient (Wildman–Crippen LogP) is 1.99. The quantitative estimate of drug-likeness (QED) is 0.189. The highest BCUT2D eigenvalue weighted by Crippen LogP contribution is 2.26. The zero-order valence-corrected chi connectivity index (χ0v) is 27.3. The number of hydrogen-bond donors (Lipinski definition) is 4. The average Bonchev–Trinajstić information content (AvgIpc) is 3.46. The van der Waals surface area contributed by atoms with E-state index in [4.69, 9.17) is 9.47 Å². The Morgan fingerprint density at radius 2 is 1.64 bits per heavy atom. The first-order valence-corrected chi connectivity index (χ1v) is 14.9. The molecule has 1 saturated heterocycles. The molecule has 5 amide bonds. The van der Waals surface area contributed by atoms with Crippen molar-refractivity contribution >= 4 is 35.5 Å². The van der Waals surface area contributed by atoms with Crippen LogP contribution in [0.15, 0.2) is 36.9 Å².